The second-order valence-corrected chi connectivity index (χ2v) is 6.39. The molecule has 1 aliphatic heterocycles. The van der Waals surface area contributed by atoms with E-state index in [4.69, 9.17) is 4.52 Å². The van der Waals surface area contributed by atoms with E-state index in [0.29, 0.717) is 18.0 Å². The van der Waals surface area contributed by atoms with Crippen molar-refractivity contribution >= 4 is 5.69 Å². The van der Waals surface area contributed by atoms with Gasteiger partial charge in [0.05, 0.1) is 11.5 Å². The highest BCUT2D eigenvalue weighted by Crippen LogP contribution is 2.20. The Hall–Kier alpha value is -2.32. The molecule has 1 fully saturated rings. The zero-order valence-electron chi connectivity index (χ0n) is 14.6. The number of nitrogens with zero attached hydrogens (tertiary/aromatic N) is 5. The quantitative estimate of drug-likeness (QED) is 0.585. The number of nitro groups is 1. The number of benzene rings is 1. The van der Waals surface area contributed by atoms with Crippen LogP contribution in [0.1, 0.15) is 29.8 Å². The van der Waals surface area contributed by atoms with Crippen LogP contribution in [0, 0.1) is 17.0 Å². The number of hydrogen-bond acceptors (Lipinski definition) is 7. The van der Waals surface area contributed by atoms with Gasteiger partial charge < -0.3 is 4.52 Å². The lowest BCUT2D eigenvalue weighted by atomic mass is 10.1. The largest absolute Gasteiger partial charge is 0.339 e. The van der Waals surface area contributed by atoms with E-state index in [9.17, 15) is 10.1 Å². The predicted octanol–water partition coefficient (Wildman–Crippen LogP) is 2.17. The van der Waals surface area contributed by atoms with E-state index in [1.54, 1.807) is 13.0 Å². The first-order valence-corrected chi connectivity index (χ1v) is 8.55. The Balaban J connectivity index is 1.52. The van der Waals surface area contributed by atoms with Crippen molar-refractivity contribution in [3.8, 4) is 0 Å². The molecule has 2 heterocycles. The van der Waals surface area contributed by atoms with Gasteiger partial charge in [0.2, 0.25) is 5.89 Å². The SMILES string of the molecule is CCc1nc(CN2CCN(Cc3ccc(C)c([N+](=O)[O-])c3)CC2)no1. The van der Waals surface area contributed by atoms with Crippen molar-refractivity contribution in [1.29, 1.82) is 0 Å². The summed E-state index contributed by atoms with van der Waals surface area (Å²) >= 11 is 0. The molecule has 0 spiro atoms. The third kappa shape index (κ3) is 4.40. The molecule has 0 aliphatic carbocycles. The Morgan fingerprint density at radius 3 is 2.48 bits per heavy atom. The van der Waals surface area contributed by atoms with Gasteiger partial charge in [-0.25, -0.2) is 0 Å². The summed E-state index contributed by atoms with van der Waals surface area (Å²) < 4.78 is 5.14. The lowest BCUT2D eigenvalue weighted by molar-refractivity contribution is -0.385. The van der Waals surface area contributed by atoms with Gasteiger partial charge in [0, 0.05) is 50.8 Å². The van der Waals surface area contributed by atoms with Crippen LogP contribution in [0.4, 0.5) is 5.69 Å². The maximum atomic E-state index is 11.1. The molecule has 8 nitrogen and oxygen atoms in total. The van der Waals surface area contributed by atoms with E-state index in [-0.39, 0.29) is 10.6 Å². The van der Waals surface area contributed by atoms with Crippen LogP contribution in [0.25, 0.3) is 0 Å². The highest BCUT2D eigenvalue weighted by atomic mass is 16.6. The zero-order valence-corrected chi connectivity index (χ0v) is 14.6. The van der Waals surface area contributed by atoms with Crippen LogP contribution in [0.2, 0.25) is 0 Å². The predicted molar refractivity (Wildman–Crippen MR) is 92.1 cm³/mol. The van der Waals surface area contributed by atoms with Gasteiger partial charge in [0.25, 0.3) is 5.69 Å². The first-order chi connectivity index (χ1) is 12.0. The second-order valence-electron chi connectivity index (χ2n) is 6.39. The van der Waals surface area contributed by atoms with Gasteiger partial charge in [-0.15, -0.1) is 0 Å². The monoisotopic (exact) mass is 345 g/mol. The Kier molecular flexibility index (Phi) is 5.40. The number of piperazine rings is 1. The Morgan fingerprint density at radius 1 is 1.20 bits per heavy atom. The van der Waals surface area contributed by atoms with Crippen LogP contribution < -0.4 is 0 Å². The van der Waals surface area contributed by atoms with Crippen LogP contribution in [0.5, 0.6) is 0 Å². The first-order valence-electron chi connectivity index (χ1n) is 8.55. The molecule has 0 radical (unpaired) electrons. The van der Waals surface area contributed by atoms with E-state index in [1.807, 2.05) is 19.1 Å². The maximum absolute atomic E-state index is 11.1. The summed E-state index contributed by atoms with van der Waals surface area (Å²) in [7, 11) is 0. The third-order valence-electron chi connectivity index (χ3n) is 4.52. The fourth-order valence-electron chi connectivity index (χ4n) is 3.01. The van der Waals surface area contributed by atoms with Crippen molar-refractivity contribution in [2.24, 2.45) is 0 Å². The highest BCUT2D eigenvalue weighted by Gasteiger charge is 2.20. The van der Waals surface area contributed by atoms with Crippen molar-refractivity contribution < 1.29 is 9.45 Å². The van der Waals surface area contributed by atoms with Gasteiger partial charge in [0.1, 0.15) is 0 Å². The minimum atomic E-state index is -0.313. The van der Waals surface area contributed by atoms with Crippen molar-refractivity contribution in [1.82, 2.24) is 19.9 Å². The number of nitro benzene ring substituents is 1. The summed E-state index contributed by atoms with van der Waals surface area (Å²) in [5.74, 6) is 1.41. The molecule has 2 aromatic rings. The Bertz CT molecular complexity index is 738. The lowest BCUT2D eigenvalue weighted by Crippen LogP contribution is -2.45. The van der Waals surface area contributed by atoms with Crippen LogP contribution in [-0.4, -0.2) is 51.0 Å². The van der Waals surface area contributed by atoms with Crippen molar-refractivity contribution in [2.45, 2.75) is 33.4 Å². The fraction of sp³-hybridized carbons (Fsp3) is 0.529. The third-order valence-corrected chi connectivity index (χ3v) is 4.52. The molecule has 0 atom stereocenters. The zero-order chi connectivity index (χ0) is 17.8. The van der Waals surface area contributed by atoms with Crippen molar-refractivity contribution in [3.05, 3.63) is 51.2 Å². The molecule has 0 saturated carbocycles. The normalized spacial score (nSPS) is 16.2. The van der Waals surface area contributed by atoms with Crippen LogP contribution in [0.3, 0.4) is 0 Å². The molecule has 0 amide bonds. The summed E-state index contributed by atoms with van der Waals surface area (Å²) in [6, 6.07) is 5.48. The molecule has 1 saturated heterocycles. The van der Waals surface area contributed by atoms with Crippen LogP contribution in [0.15, 0.2) is 22.7 Å². The fourth-order valence-corrected chi connectivity index (χ4v) is 3.01. The van der Waals surface area contributed by atoms with Gasteiger partial charge in [-0.3, -0.25) is 19.9 Å². The standard InChI is InChI=1S/C17H23N5O3/c1-3-17-18-16(19-25-17)12-21-8-6-20(7-9-21)11-14-5-4-13(2)15(10-14)22(23)24/h4-5,10H,3,6-9,11-12H2,1-2H3. The van der Waals surface area contributed by atoms with Crippen molar-refractivity contribution in [2.75, 3.05) is 26.2 Å². The summed E-state index contributed by atoms with van der Waals surface area (Å²) in [4.78, 5) is 19.7. The molecule has 0 bridgehead atoms. The van der Waals surface area contributed by atoms with Crippen LogP contribution >= 0.6 is 0 Å². The smallest absolute Gasteiger partial charge is 0.272 e. The Labute approximate surface area is 146 Å². The van der Waals surface area contributed by atoms with Crippen molar-refractivity contribution in [3.63, 3.8) is 0 Å². The molecule has 1 aromatic carbocycles. The molecule has 0 unspecified atom stereocenters. The van der Waals surface area contributed by atoms with E-state index in [0.717, 1.165) is 50.5 Å². The van der Waals surface area contributed by atoms with Gasteiger partial charge >= 0.3 is 0 Å². The average Bonchev–Trinajstić information content (AvgIpc) is 3.06. The minimum Gasteiger partial charge on any atom is -0.339 e. The summed E-state index contributed by atoms with van der Waals surface area (Å²) in [5, 5.41) is 15.1. The minimum absolute atomic E-state index is 0.194. The van der Waals surface area contributed by atoms with E-state index in [1.165, 1.54) is 0 Å². The lowest BCUT2D eigenvalue weighted by Gasteiger charge is -2.34. The number of aromatic nitrogens is 2. The van der Waals surface area contributed by atoms with Gasteiger partial charge in [0.15, 0.2) is 5.82 Å². The molecule has 1 aliphatic rings. The molecule has 0 N–H and O–H groups in total. The van der Waals surface area contributed by atoms with E-state index in [2.05, 4.69) is 19.9 Å². The van der Waals surface area contributed by atoms with Gasteiger partial charge in [-0.1, -0.05) is 24.2 Å². The molecule has 8 heteroatoms. The number of rotatable bonds is 6. The summed E-state index contributed by atoms with van der Waals surface area (Å²) in [6.45, 7) is 8.87. The Morgan fingerprint density at radius 2 is 1.88 bits per heavy atom. The summed E-state index contributed by atoms with van der Waals surface area (Å²) in [6.07, 6.45) is 0.753. The number of aryl methyl sites for hydroxylation is 2. The van der Waals surface area contributed by atoms with Gasteiger partial charge in [-0.05, 0) is 12.5 Å². The second kappa shape index (κ2) is 7.71. The molecular weight excluding hydrogens is 322 g/mol. The van der Waals surface area contributed by atoms with E-state index < -0.39 is 0 Å². The van der Waals surface area contributed by atoms with Crippen LogP contribution in [-0.2, 0) is 19.5 Å². The molecule has 25 heavy (non-hydrogen) atoms. The number of hydrogen-bond donors (Lipinski definition) is 0. The molecule has 3 rings (SSSR count). The molecular formula is C17H23N5O3. The molecule has 134 valence electrons. The highest BCUT2D eigenvalue weighted by molar-refractivity contribution is 5.42. The average molecular weight is 345 g/mol. The molecule has 1 aromatic heterocycles. The summed E-state index contributed by atoms with van der Waals surface area (Å²) in [5.41, 5.74) is 1.88. The topological polar surface area (TPSA) is 88.5 Å². The van der Waals surface area contributed by atoms with E-state index >= 15 is 0 Å². The van der Waals surface area contributed by atoms with Gasteiger partial charge in [-0.2, -0.15) is 4.98 Å². The first kappa shape index (κ1) is 17.5. The maximum Gasteiger partial charge on any atom is 0.272 e.